The van der Waals surface area contributed by atoms with Crippen molar-refractivity contribution in [3.05, 3.63) is 0 Å². The predicted octanol–water partition coefficient (Wildman–Crippen LogP) is -6.42. The molecule has 0 aromatic carbocycles. The molecule has 0 aromatic heterocycles. The van der Waals surface area contributed by atoms with E-state index in [2.05, 4.69) is 43.1 Å². The third-order valence-corrected chi connectivity index (χ3v) is 4.09. The van der Waals surface area contributed by atoms with Gasteiger partial charge in [-0.05, 0) is 0 Å². The van der Waals surface area contributed by atoms with Gasteiger partial charge in [0.05, 0.1) is 0 Å². The van der Waals surface area contributed by atoms with Crippen LogP contribution in [0.15, 0.2) is 0 Å². The molecule has 0 amide bonds. The van der Waals surface area contributed by atoms with Gasteiger partial charge >= 0.3 is 33.3 Å². The first-order chi connectivity index (χ1) is 7.66. The predicted molar refractivity (Wildman–Crippen MR) is 67.7 cm³/mol. The topological polar surface area (TPSA) is 257 Å². The Kier molecular flexibility index (Phi) is 32.7. The fourth-order valence-corrected chi connectivity index (χ4v) is 0.671. The molecule has 0 aliphatic carbocycles. The number of hydrogen-bond donors (Lipinski definition) is 4. The van der Waals surface area contributed by atoms with Gasteiger partial charge in [0.2, 0.25) is 0 Å². The number of halogens is 2. The van der Waals surface area contributed by atoms with E-state index in [0.29, 0.717) is 0 Å². The number of quaternary nitrogens is 4. The molecule has 0 bridgehead atoms. The molecule has 129 valence electrons. The maximum absolute atomic E-state index is 10.3. The Balaban J connectivity index is -0.0000000525. The van der Waals surface area contributed by atoms with Crippen LogP contribution in [-0.4, -0.2) is 25.1 Å². The minimum atomic E-state index is -3.13. The van der Waals surface area contributed by atoms with E-state index in [-0.39, 0.29) is 36.1 Å². The van der Waals surface area contributed by atoms with Crippen LogP contribution in [0.1, 0.15) is 0 Å². The summed E-state index contributed by atoms with van der Waals surface area (Å²) >= 11 is 0.757. The van der Waals surface area contributed by atoms with E-state index in [1.165, 1.54) is 0 Å². The molecule has 0 radical (unpaired) electrons. The van der Waals surface area contributed by atoms with Gasteiger partial charge in [0, 0.05) is 0 Å². The third-order valence-electron chi connectivity index (χ3n) is 1.36. The van der Waals surface area contributed by atoms with Crippen molar-refractivity contribution < 1.29 is 65.9 Å². The minimum Gasteiger partial charge on any atom is -0.791 e. The van der Waals surface area contributed by atoms with Crippen LogP contribution in [0.3, 0.4) is 0 Å². The molecule has 18 N–H and O–H groups in total. The quantitative estimate of drug-likeness (QED) is 0.195. The van der Waals surface area contributed by atoms with Gasteiger partial charge in [-0.25, -0.2) is 0 Å². The van der Waals surface area contributed by atoms with Crippen molar-refractivity contribution in [2.45, 2.75) is 0 Å². The monoisotopic (exact) mass is 421 g/mol. The Labute approximate surface area is 126 Å². The summed E-state index contributed by atoms with van der Waals surface area (Å²) in [6.07, 6.45) is -0.0694. The fourth-order valence-electron chi connectivity index (χ4n) is 0.224. The Morgan fingerprint density at radius 2 is 0.895 bits per heavy atom. The van der Waals surface area contributed by atoms with Gasteiger partial charge in [-0.3, -0.25) is 0 Å². The summed E-state index contributed by atoms with van der Waals surface area (Å²) in [5.74, 6) is 0. The summed E-state index contributed by atoms with van der Waals surface area (Å²) in [7, 11) is 3.09. The Morgan fingerprint density at radius 1 is 0.789 bits per heavy atom. The summed E-state index contributed by atoms with van der Waals surface area (Å²) in [4.78, 5) is 20.5. The first-order valence-corrected chi connectivity index (χ1v) is 10.8. The van der Waals surface area contributed by atoms with Gasteiger partial charge < -0.3 is 52.8 Å². The van der Waals surface area contributed by atoms with Gasteiger partial charge in [0.25, 0.3) is 0 Å². The zero-order valence-electron chi connectivity index (χ0n) is 10.4. The molecule has 0 atom stereocenters. The smallest absolute Gasteiger partial charge is 0.122 e. The summed E-state index contributed by atoms with van der Waals surface area (Å²) in [6.45, 7) is 0. The molecule has 0 saturated carbocycles. The fraction of sp³-hybridized carbons (Fsp3) is 1.00. The maximum atomic E-state index is 10.3. The van der Waals surface area contributed by atoms with E-state index < -0.39 is 14.7 Å². The third kappa shape index (κ3) is 32.6. The van der Waals surface area contributed by atoms with Crippen molar-refractivity contribution in [2.75, 3.05) is 25.1 Å². The average Bonchev–Trinajstić information content (AvgIpc) is 2.31. The molecule has 0 rings (SSSR count). The van der Waals surface area contributed by atoms with Crippen molar-refractivity contribution in [2.24, 2.45) is 0 Å². The van der Waals surface area contributed by atoms with Crippen LogP contribution in [0.4, 0.5) is 0 Å². The van der Waals surface area contributed by atoms with Crippen LogP contribution in [0, 0.1) is 0 Å². The van der Waals surface area contributed by atoms with Crippen LogP contribution < -0.4 is 32.7 Å². The van der Waals surface area contributed by atoms with Gasteiger partial charge in [-0.1, -0.05) is 0 Å². The van der Waals surface area contributed by atoms with Crippen molar-refractivity contribution >= 4 is 34.9 Å². The van der Waals surface area contributed by atoms with E-state index in [1.54, 1.807) is 0 Å². The minimum absolute atomic E-state index is 0. The largest absolute Gasteiger partial charge is 0.791 e. The molecule has 19 heavy (non-hydrogen) atoms. The zero-order chi connectivity index (χ0) is 14.5. The van der Waals surface area contributed by atoms with Crippen LogP contribution >= 0.6 is 34.9 Å². The van der Waals surface area contributed by atoms with Gasteiger partial charge in [0.15, 0.2) is 0 Å². The van der Waals surface area contributed by atoms with Crippen LogP contribution in [0.2, 0.25) is 0 Å². The molecule has 0 saturated heterocycles. The average molecular weight is 423 g/mol. The van der Waals surface area contributed by atoms with Crippen molar-refractivity contribution in [1.29, 1.82) is 0 Å². The summed E-state index contributed by atoms with van der Waals surface area (Å²) in [5.41, 5.74) is 12.9. The molecule has 0 aliphatic rings. The first-order valence-electron chi connectivity index (χ1n) is 4.22. The maximum Gasteiger partial charge on any atom is 0.122 e. The molecule has 0 unspecified atom stereocenters. The van der Waals surface area contributed by atoms with E-state index >= 15 is 0 Å². The van der Waals surface area contributed by atoms with Crippen molar-refractivity contribution in [3.8, 4) is 0 Å². The van der Waals surface area contributed by atoms with E-state index in [0.717, 1.165) is 13.1 Å². The molecule has 0 aromatic rings. The Morgan fingerprint density at radius 3 is 0.895 bits per heavy atom. The molecular formula is C4H26Cl2CuN4O6P2+4. The van der Waals surface area contributed by atoms with E-state index in [1.807, 2.05) is 0 Å². The SMILES string of the molecule is [Cl][Cu][Cl].[NH3+]CP(=O)([O-])C[NH3+].[NH3+]CP(=O)([O-])C[NH3+].[OH3+].[OH3+]. The van der Waals surface area contributed by atoms with Crippen molar-refractivity contribution in [3.63, 3.8) is 0 Å². The molecular weight excluding hydrogens is 396 g/mol. The van der Waals surface area contributed by atoms with Crippen LogP contribution in [0.5, 0.6) is 0 Å². The van der Waals surface area contributed by atoms with E-state index in [9.17, 15) is 18.9 Å². The standard InChI is InChI=1S/2C2H9N2O2P.2ClH.Cu.2H2O/c2*3-1-7(5,6)2-4;;;;;/h2*1-4H2,(H,5,6);2*1H;;2*1H2/q;;;;+2;;/p+2. The second-order valence-corrected chi connectivity index (χ2v) is 9.17. The molecule has 0 fully saturated rings. The molecule has 10 nitrogen and oxygen atoms in total. The number of hydrogen-bond acceptors (Lipinski definition) is 4. The number of rotatable bonds is 4. The summed E-state index contributed by atoms with van der Waals surface area (Å²) in [5, 5.41) is 0. The molecule has 0 heterocycles. The second kappa shape index (κ2) is 19.2. The zero-order valence-corrected chi connectivity index (χ0v) is 14.6. The molecule has 0 aliphatic heterocycles. The Hall–Kier alpha value is 1.24. The van der Waals surface area contributed by atoms with Crippen LogP contribution in [-0.2, 0) is 33.2 Å². The van der Waals surface area contributed by atoms with Crippen LogP contribution in [0.25, 0.3) is 0 Å². The van der Waals surface area contributed by atoms with Gasteiger partial charge in [0.1, 0.15) is 39.9 Å². The second-order valence-electron chi connectivity index (χ2n) is 2.57. The summed E-state index contributed by atoms with van der Waals surface area (Å²) in [6, 6.07) is 0. The van der Waals surface area contributed by atoms with Gasteiger partial charge in [-0.2, -0.15) is 0 Å². The molecule has 15 heteroatoms. The summed E-state index contributed by atoms with van der Waals surface area (Å²) < 4.78 is 20.5. The van der Waals surface area contributed by atoms with E-state index in [4.69, 9.17) is 0 Å². The Bertz CT molecular complexity index is 225. The van der Waals surface area contributed by atoms with Gasteiger partial charge in [-0.15, -0.1) is 0 Å². The first kappa shape index (κ1) is 32.3. The van der Waals surface area contributed by atoms with Crippen molar-refractivity contribution in [1.82, 2.24) is 0 Å². The normalized spacial score (nSPS) is 9.89. The molecule has 0 spiro atoms.